The standard InChI is InChI=1S/C16H25N3O4S.ClH/c1-12(18-16(20)10-14-11-23-8-7-17-14)13-5-4-6-15(9-13)24(21,22)19(2)3;/h4-6,9,12,14,17H,7-8,10-11H2,1-3H3,(H,18,20);1H. The summed E-state index contributed by atoms with van der Waals surface area (Å²) < 4.78 is 30.9. The zero-order chi connectivity index (χ0) is 17.7. The summed E-state index contributed by atoms with van der Waals surface area (Å²) in [6.45, 7) is 3.78. The molecule has 0 radical (unpaired) electrons. The number of hydrogen-bond acceptors (Lipinski definition) is 5. The number of benzene rings is 1. The highest BCUT2D eigenvalue weighted by Gasteiger charge is 2.20. The van der Waals surface area contributed by atoms with Crippen molar-refractivity contribution in [1.29, 1.82) is 0 Å². The van der Waals surface area contributed by atoms with Crippen LogP contribution >= 0.6 is 12.4 Å². The van der Waals surface area contributed by atoms with Gasteiger partial charge in [-0.3, -0.25) is 4.79 Å². The lowest BCUT2D eigenvalue weighted by molar-refractivity contribution is -0.122. The van der Waals surface area contributed by atoms with Crippen molar-refractivity contribution < 1.29 is 17.9 Å². The molecule has 142 valence electrons. The number of sulfonamides is 1. The van der Waals surface area contributed by atoms with E-state index in [4.69, 9.17) is 4.74 Å². The maximum atomic E-state index is 12.2. The van der Waals surface area contributed by atoms with Crippen molar-refractivity contribution in [2.75, 3.05) is 33.9 Å². The Kier molecular flexibility index (Phi) is 8.30. The van der Waals surface area contributed by atoms with E-state index in [-0.39, 0.29) is 35.3 Å². The number of nitrogens with one attached hydrogen (secondary N) is 2. The molecule has 2 atom stereocenters. The Labute approximate surface area is 155 Å². The molecule has 1 amide bonds. The SMILES string of the molecule is CC(NC(=O)CC1COCCN1)c1cccc(S(=O)(=O)N(C)C)c1.Cl. The van der Waals surface area contributed by atoms with Crippen LogP contribution in [0.25, 0.3) is 0 Å². The lowest BCUT2D eigenvalue weighted by atomic mass is 10.1. The van der Waals surface area contributed by atoms with Gasteiger partial charge in [0, 0.05) is 33.1 Å². The smallest absolute Gasteiger partial charge is 0.242 e. The zero-order valence-corrected chi connectivity index (χ0v) is 16.3. The minimum absolute atomic E-state index is 0. The first-order chi connectivity index (χ1) is 11.3. The Morgan fingerprint density at radius 1 is 1.44 bits per heavy atom. The van der Waals surface area contributed by atoms with Gasteiger partial charge in [0.25, 0.3) is 0 Å². The summed E-state index contributed by atoms with van der Waals surface area (Å²) in [6.07, 6.45) is 0.333. The van der Waals surface area contributed by atoms with Gasteiger partial charge in [0.15, 0.2) is 0 Å². The van der Waals surface area contributed by atoms with E-state index in [0.717, 1.165) is 12.1 Å². The Hall–Kier alpha value is -1.19. The van der Waals surface area contributed by atoms with E-state index in [1.165, 1.54) is 18.4 Å². The van der Waals surface area contributed by atoms with Gasteiger partial charge in [0.05, 0.1) is 24.2 Å². The van der Waals surface area contributed by atoms with Crippen LogP contribution < -0.4 is 10.6 Å². The molecule has 1 aliphatic heterocycles. The van der Waals surface area contributed by atoms with E-state index >= 15 is 0 Å². The second-order valence-electron chi connectivity index (χ2n) is 6.08. The summed E-state index contributed by atoms with van der Waals surface area (Å²) in [5, 5.41) is 6.14. The number of halogens is 1. The van der Waals surface area contributed by atoms with Gasteiger partial charge in [-0.1, -0.05) is 12.1 Å². The lowest BCUT2D eigenvalue weighted by Crippen LogP contribution is -2.44. The Morgan fingerprint density at radius 2 is 2.16 bits per heavy atom. The van der Waals surface area contributed by atoms with Crippen molar-refractivity contribution in [3.8, 4) is 0 Å². The van der Waals surface area contributed by atoms with Gasteiger partial charge in [-0.25, -0.2) is 12.7 Å². The predicted octanol–water partition coefficient (Wildman–Crippen LogP) is 0.914. The second-order valence-corrected chi connectivity index (χ2v) is 8.23. The fourth-order valence-corrected chi connectivity index (χ4v) is 3.47. The van der Waals surface area contributed by atoms with Crippen molar-refractivity contribution in [2.24, 2.45) is 0 Å². The van der Waals surface area contributed by atoms with E-state index in [9.17, 15) is 13.2 Å². The summed E-state index contributed by atoms with van der Waals surface area (Å²) in [4.78, 5) is 12.4. The summed E-state index contributed by atoms with van der Waals surface area (Å²) in [7, 11) is -0.505. The van der Waals surface area contributed by atoms with Gasteiger partial charge >= 0.3 is 0 Å². The van der Waals surface area contributed by atoms with E-state index in [1.807, 2.05) is 13.0 Å². The van der Waals surface area contributed by atoms with Crippen molar-refractivity contribution in [3.05, 3.63) is 29.8 Å². The Morgan fingerprint density at radius 3 is 2.76 bits per heavy atom. The van der Waals surface area contributed by atoms with Gasteiger partial charge in [0.2, 0.25) is 15.9 Å². The molecule has 0 bridgehead atoms. The van der Waals surface area contributed by atoms with Crippen LogP contribution in [0.1, 0.15) is 24.9 Å². The highest BCUT2D eigenvalue weighted by molar-refractivity contribution is 7.89. The first kappa shape index (κ1) is 21.9. The Balaban J connectivity index is 0.00000312. The molecule has 1 aliphatic rings. The monoisotopic (exact) mass is 391 g/mol. The molecule has 1 aromatic carbocycles. The molecule has 25 heavy (non-hydrogen) atoms. The van der Waals surface area contributed by atoms with Crippen LogP contribution in [0.4, 0.5) is 0 Å². The number of carbonyl (C=O) groups excluding carboxylic acids is 1. The first-order valence-corrected chi connectivity index (χ1v) is 9.37. The summed E-state index contributed by atoms with van der Waals surface area (Å²) in [6, 6.07) is 6.39. The molecule has 0 aliphatic carbocycles. The van der Waals surface area contributed by atoms with Crippen LogP contribution in [0.2, 0.25) is 0 Å². The van der Waals surface area contributed by atoms with Gasteiger partial charge in [-0.05, 0) is 24.6 Å². The molecule has 0 spiro atoms. The number of carbonyl (C=O) groups is 1. The highest BCUT2D eigenvalue weighted by Crippen LogP contribution is 2.19. The van der Waals surface area contributed by atoms with Crippen LogP contribution in [0, 0.1) is 0 Å². The summed E-state index contributed by atoms with van der Waals surface area (Å²) in [5.41, 5.74) is 0.749. The summed E-state index contributed by atoms with van der Waals surface area (Å²) in [5.74, 6) is -0.0913. The first-order valence-electron chi connectivity index (χ1n) is 7.93. The van der Waals surface area contributed by atoms with Crippen molar-refractivity contribution in [1.82, 2.24) is 14.9 Å². The van der Waals surface area contributed by atoms with Crippen LogP contribution in [0.15, 0.2) is 29.2 Å². The second kappa shape index (κ2) is 9.49. The minimum atomic E-state index is -3.49. The van der Waals surface area contributed by atoms with Crippen LogP contribution in [-0.4, -0.2) is 58.5 Å². The van der Waals surface area contributed by atoms with Gasteiger partial charge in [-0.2, -0.15) is 0 Å². The molecule has 1 heterocycles. The molecule has 0 saturated carbocycles. The van der Waals surface area contributed by atoms with Gasteiger partial charge < -0.3 is 15.4 Å². The predicted molar refractivity (Wildman–Crippen MR) is 98.3 cm³/mol. The molecular formula is C16H26ClN3O4S. The number of morpholine rings is 1. The number of hydrogen-bond donors (Lipinski definition) is 2. The molecule has 1 aromatic rings. The van der Waals surface area contributed by atoms with Gasteiger partial charge in [0.1, 0.15) is 0 Å². The molecule has 2 unspecified atom stereocenters. The largest absolute Gasteiger partial charge is 0.378 e. The minimum Gasteiger partial charge on any atom is -0.378 e. The van der Waals surface area contributed by atoms with E-state index in [1.54, 1.807) is 18.2 Å². The Bertz CT molecular complexity index is 676. The summed E-state index contributed by atoms with van der Waals surface area (Å²) >= 11 is 0. The van der Waals surface area contributed by atoms with Crippen LogP contribution in [0.3, 0.4) is 0 Å². The number of amides is 1. The average Bonchev–Trinajstić information content (AvgIpc) is 2.55. The maximum Gasteiger partial charge on any atom is 0.242 e. The van der Waals surface area contributed by atoms with Gasteiger partial charge in [-0.15, -0.1) is 12.4 Å². The molecule has 7 nitrogen and oxygen atoms in total. The third kappa shape index (κ3) is 5.93. The van der Waals surface area contributed by atoms with E-state index in [2.05, 4.69) is 10.6 Å². The lowest BCUT2D eigenvalue weighted by Gasteiger charge is -2.24. The number of rotatable bonds is 6. The normalized spacial score (nSPS) is 19.1. The molecule has 1 saturated heterocycles. The molecule has 1 fully saturated rings. The molecule has 0 aromatic heterocycles. The number of ether oxygens (including phenoxy) is 1. The van der Waals surface area contributed by atoms with Crippen LogP contribution in [0.5, 0.6) is 0 Å². The molecule has 2 N–H and O–H groups in total. The zero-order valence-electron chi connectivity index (χ0n) is 14.7. The van der Waals surface area contributed by atoms with Crippen LogP contribution in [-0.2, 0) is 19.6 Å². The molecule has 9 heteroatoms. The number of nitrogens with zero attached hydrogens (tertiary/aromatic N) is 1. The maximum absolute atomic E-state index is 12.2. The quantitative estimate of drug-likeness (QED) is 0.752. The average molecular weight is 392 g/mol. The topological polar surface area (TPSA) is 87.7 Å². The molecule has 2 rings (SSSR count). The fourth-order valence-electron chi connectivity index (χ4n) is 2.51. The third-order valence-corrected chi connectivity index (χ3v) is 5.76. The molecular weight excluding hydrogens is 366 g/mol. The van der Waals surface area contributed by atoms with Crippen molar-refractivity contribution in [3.63, 3.8) is 0 Å². The highest BCUT2D eigenvalue weighted by atomic mass is 35.5. The van der Waals surface area contributed by atoms with E-state index < -0.39 is 10.0 Å². The fraction of sp³-hybridized carbons (Fsp3) is 0.562. The van der Waals surface area contributed by atoms with Crippen molar-refractivity contribution in [2.45, 2.75) is 30.3 Å². The third-order valence-electron chi connectivity index (χ3n) is 3.94. The van der Waals surface area contributed by atoms with E-state index in [0.29, 0.717) is 19.6 Å². The van der Waals surface area contributed by atoms with Crippen molar-refractivity contribution >= 4 is 28.3 Å².